The molecule has 1 fully saturated rings. The molecule has 3 atom stereocenters. The van der Waals surface area contributed by atoms with Gasteiger partial charge in [-0.15, -0.1) is 0 Å². The minimum Gasteiger partial charge on any atom is -0.378 e. The lowest BCUT2D eigenvalue weighted by Crippen LogP contribution is -2.56. The molecule has 0 saturated carbocycles. The Kier molecular flexibility index (Phi) is 8.01. The normalized spacial score (nSPS) is 33.9. The van der Waals surface area contributed by atoms with E-state index in [4.69, 9.17) is 15.2 Å². The molecule has 4 nitrogen and oxygen atoms in total. The first kappa shape index (κ1) is 19.6. The van der Waals surface area contributed by atoms with Crippen molar-refractivity contribution >= 4 is 6.29 Å². The van der Waals surface area contributed by atoms with E-state index in [1.54, 1.807) is 0 Å². The van der Waals surface area contributed by atoms with Gasteiger partial charge in [-0.05, 0) is 46.0 Å². The third-order valence-corrected chi connectivity index (χ3v) is 5.13. The number of ether oxygens (including phenoxy) is 2. The first-order valence-corrected chi connectivity index (χ1v) is 8.74. The third-order valence-electron chi connectivity index (χ3n) is 5.13. The minimum atomic E-state index is -0.419. The second kappa shape index (κ2) is 8.99. The molecule has 0 aromatic carbocycles. The molecule has 0 radical (unpaired) electrons. The fourth-order valence-electron chi connectivity index (χ4n) is 2.63. The van der Waals surface area contributed by atoms with Crippen LogP contribution in [0.5, 0.6) is 0 Å². The summed E-state index contributed by atoms with van der Waals surface area (Å²) in [5, 5.41) is 0. The van der Waals surface area contributed by atoms with Gasteiger partial charge in [-0.25, -0.2) is 0 Å². The maximum Gasteiger partial charge on any atom is 0.119 e. The molecular formula is C18H35NO3. The average Bonchev–Trinajstić information content (AvgIpc) is 2.46. The molecule has 22 heavy (non-hydrogen) atoms. The van der Waals surface area contributed by atoms with Gasteiger partial charge in [-0.2, -0.15) is 0 Å². The number of hydrogen-bond acceptors (Lipinski definition) is 4. The van der Waals surface area contributed by atoms with E-state index in [9.17, 15) is 4.79 Å². The van der Waals surface area contributed by atoms with Gasteiger partial charge in [0.2, 0.25) is 0 Å². The van der Waals surface area contributed by atoms with Crippen LogP contribution in [0, 0.1) is 5.41 Å². The Balaban J connectivity index is 2.64. The van der Waals surface area contributed by atoms with Crippen LogP contribution in [0.3, 0.4) is 0 Å². The predicted molar refractivity (Wildman–Crippen MR) is 89.9 cm³/mol. The Bertz CT molecular complexity index is 328. The molecule has 0 aromatic rings. The summed E-state index contributed by atoms with van der Waals surface area (Å²) in [7, 11) is 0. The Morgan fingerprint density at radius 3 is 2.55 bits per heavy atom. The summed E-state index contributed by atoms with van der Waals surface area (Å²) in [5.41, 5.74) is 5.98. The van der Waals surface area contributed by atoms with Gasteiger partial charge in [-0.3, -0.25) is 0 Å². The lowest BCUT2D eigenvalue weighted by molar-refractivity contribution is -0.108. The molecule has 0 bridgehead atoms. The average molecular weight is 313 g/mol. The summed E-state index contributed by atoms with van der Waals surface area (Å²) in [6, 6.07) is 0. The molecule has 0 spiro atoms. The highest BCUT2D eigenvalue weighted by Crippen LogP contribution is 2.31. The first-order chi connectivity index (χ1) is 10.3. The topological polar surface area (TPSA) is 61.5 Å². The van der Waals surface area contributed by atoms with Crippen LogP contribution in [0.4, 0.5) is 0 Å². The molecule has 1 heterocycles. The second-order valence-electron chi connectivity index (χ2n) is 7.74. The zero-order chi connectivity index (χ0) is 16.6. The number of aldehydes is 1. The monoisotopic (exact) mass is 313 g/mol. The van der Waals surface area contributed by atoms with Crippen molar-refractivity contribution in [2.45, 2.75) is 90.4 Å². The summed E-state index contributed by atoms with van der Waals surface area (Å²) in [6.45, 7) is 9.72. The van der Waals surface area contributed by atoms with E-state index in [2.05, 4.69) is 27.7 Å². The fourth-order valence-corrected chi connectivity index (χ4v) is 2.63. The summed E-state index contributed by atoms with van der Waals surface area (Å²) in [5.74, 6) is 0. The summed E-state index contributed by atoms with van der Waals surface area (Å²) in [4.78, 5) is 10.4. The lowest BCUT2D eigenvalue weighted by Gasteiger charge is -2.41. The van der Waals surface area contributed by atoms with Gasteiger partial charge in [0.1, 0.15) is 6.29 Å². The lowest BCUT2D eigenvalue weighted by atomic mass is 9.75. The van der Waals surface area contributed by atoms with Gasteiger partial charge in [0.05, 0.1) is 25.4 Å². The highest BCUT2D eigenvalue weighted by molar-refractivity contribution is 5.48. The predicted octanol–water partition coefficient (Wildman–Crippen LogP) is 3.46. The largest absolute Gasteiger partial charge is 0.378 e. The number of rotatable bonds is 5. The van der Waals surface area contributed by atoms with Crippen LogP contribution in [0.25, 0.3) is 0 Å². The standard InChI is InChI=1S/C18H35NO3/c1-15-9-8-11-16(10-6-5-7-12-20)22-14-18(4,19)17(2,3)13-21-15/h12,15-16H,5-11,13-14,19H2,1-4H3. The van der Waals surface area contributed by atoms with Crippen molar-refractivity contribution in [2.24, 2.45) is 11.1 Å². The van der Waals surface area contributed by atoms with Crippen LogP contribution in [0.2, 0.25) is 0 Å². The van der Waals surface area contributed by atoms with Gasteiger partial charge >= 0.3 is 0 Å². The van der Waals surface area contributed by atoms with Crippen LogP contribution < -0.4 is 5.73 Å². The maximum atomic E-state index is 10.4. The molecule has 0 aromatic heterocycles. The number of hydrogen-bond donors (Lipinski definition) is 1. The van der Waals surface area contributed by atoms with Crippen molar-refractivity contribution in [3.05, 3.63) is 0 Å². The maximum absolute atomic E-state index is 10.4. The number of carbonyl (C=O) groups excluding carboxylic acids is 1. The van der Waals surface area contributed by atoms with E-state index in [1.165, 1.54) is 0 Å². The zero-order valence-electron chi connectivity index (χ0n) is 14.9. The van der Waals surface area contributed by atoms with Crippen molar-refractivity contribution in [3.8, 4) is 0 Å². The molecule has 1 aliphatic rings. The Morgan fingerprint density at radius 2 is 1.86 bits per heavy atom. The molecule has 2 N–H and O–H groups in total. The van der Waals surface area contributed by atoms with E-state index in [-0.39, 0.29) is 17.6 Å². The molecule has 3 unspecified atom stereocenters. The molecule has 0 amide bonds. The van der Waals surface area contributed by atoms with Crippen LogP contribution in [0.1, 0.15) is 72.6 Å². The molecule has 0 aliphatic carbocycles. The Hall–Kier alpha value is -0.450. The van der Waals surface area contributed by atoms with Crippen LogP contribution in [0.15, 0.2) is 0 Å². The van der Waals surface area contributed by atoms with Crippen molar-refractivity contribution < 1.29 is 14.3 Å². The van der Waals surface area contributed by atoms with E-state index in [1.807, 2.05) is 0 Å². The van der Waals surface area contributed by atoms with Gasteiger partial charge in [0, 0.05) is 17.4 Å². The van der Waals surface area contributed by atoms with Gasteiger partial charge < -0.3 is 20.0 Å². The summed E-state index contributed by atoms with van der Waals surface area (Å²) >= 11 is 0. The summed E-state index contributed by atoms with van der Waals surface area (Å²) < 4.78 is 12.2. The smallest absolute Gasteiger partial charge is 0.119 e. The van der Waals surface area contributed by atoms with E-state index in [0.29, 0.717) is 19.6 Å². The van der Waals surface area contributed by atoms with E-state index >= 15 is 0 Å². The molecule has 130 valence electrons. The zero-order valence-corrected chi connectivity index (χ0v) is 14.9. The fraction of sp³-hybridized carbons (Fsp3) is 0.944. The van der Waals surface area contributed by atoms with Gasteiger partial charge in [0.15, 0.2) is 0 Å². The first-order valence-electron chi connectivity index (χ1n) is 8.74. The second-order valence-corrected chi connectivity index (χ2v) is 7.74. The summed E-state index contributed by atoms with van der Waals surface area (Å²) in [6.07, 6.45) is 8.39. The SMILES string of the molecule is CC1CCCC(CCCCC=O)OCC(C)(N)C(C)(C)CO1. The Morgan fingerprint density at radius 1 is 1.14 bits per heavy atom. The van der Waals surface area contributed by atoms with Crippen molar-refractivity contribution in [1.82, 2.24) is 0 Å². The quantitative estimate of drug-likeness (QED) is 0.623. The van der Waals surface area contributed by atoms with Crippen molar-refractivity contribution in [3.63, 3.8) is 0 Å². The van der Waals surface area contributed by atoms with E-state index in [0.717, 1.165) is 44.8 Å². The van der Waals surface area contributed by atoms with Crippen molar-refractivity contribution in [2.75, 3.05) is 13.2 Å². The molecule has 1 rings (SSSR count). The van der Waals surface area contributed by atoms with Crippen LogP contribution >= 0.6 is 0 Å². The highest BCUT2D eigenvalue weighted by Gasteiger charge is 2.39. The van der Waals surface area contributed by atoms with E-state index < -0.39 is 5.54 Å². The Labute approximate surface area is 136 Å². The molecule has 4 heteroatoms. The van der Waals surface area contributed by atoms with Gasteiger partial charge in [-0.1, -0.05) is 20.3 Å². The van der Waals surface area contributed by atoms with Gasteiger partial charge in [0.25, 0.3) is 0 Å². The number of carbonyl (C=O) groups is 1. The molecule has 1 saturated heterocycles. The van der Waals surface area contributed by atoms with Crippen LogP contribution in [-0.4, -0.2) is 37.2 Å². The highest BCUT2D eigenvalue weighted by atomic mass is 16.5. The number of nitrogens with two attached hydrogens (primary N) is 1. The van der Waals surface area contributed by atoms with Crippen LogP contribution in [-0.2, 0) is 14.3 Å². The van der Waals surface area contributed by atoms with Crippen molar-refractivity contribution in [1.29, 1.82) is 0 Å². The third kappa shape index (κ3) is 6.35. The molecular weight excluding hydrogens is 278 g/mol. The minimum absolute atomic E-state index is 0.131. The molecule has 1 aliphatic heterocycles. The number of unbranched alkanes of at least 4 members (excludes halogenated alkanes) is 2.